The van der Waals surface area contributed by atoms with E-state index in [0.717, 1.165) is 33.4 Å². The summed E-state index contributed by atoms with van der Waals surface area (Å²) in [5, 5.41) is 8.84. The number of benzene rings is 3. The molecule has 0 spiro atoms. The van der Waals surface area contributed by atoms with E-state index >= 15 is 0 Å². The number of nitrogens with zero attached hydrogens (tertiary/aromatic N) is 2. The van der Waals surface area contributed by atoms with Gasteiger partial charge in [-0.1, -0.05) is 72.0 Å². The molecule has 2 heterocycles. The molecule has 0 amide bonds. The molecule has 0 saturated carbocycles. The number of thiazole rings is 1. The van der Waals surface area contributed by atoms with Gasteiger partial charge < -0.3 is 11.5 Å². The molecule has 0 unspecified atom stereocenters. The summed E-state index contributed by atoms with van der Waals surface area (Å²) in [6.45, 7) is 0. The van der Waals surface area contributed by atoms with Crippen LogP contribution < -0.4 is 11.5 Å². The molecule has 1 aliphatic rings. The van der Waals surface area contributed by atoms with Crippen molar-refractivity contribution in [2.45, 2.75) is 0 Å². The van der Waals surface area contributed by atoms with Gasteiger partial charge in [-0.25, -0.2) is 9.98 Å². The van der Waals surface area contributed by atoms with Crippen LogP contribution in [0.5, 0.6) is 0 Å². The Morgan fingerprint density at radius 1 is 0.724 bits per heavy atom. The lowest BCUT2D eigenvalue weighted by atomic mass is 9.89. The number of hydrogen-bond donors (Lipinski definition) is 3. The van der Waals surface area contributed by atoms with E-state index in [1.54, 1.807) is 0 Å². The lowest BCUT2D eigenvalue weighted by molar-refractivity contribution is 1.42. The van der Waals surface area contributed by atoms with Gasteiger partial charge >= 0.3 is 0 Å². The summed E-state index contributed by atoms with van der Waals surface area (Å²) in [5.74, 6) is 0.568. The highest BCUT2D eigenvalue weighted by atomic mass is 32.1. The predicted octanol–water partition coefficient (Wildman–Crippen LogP) is 4.82. The smallest absolute Gasteiger partial charge is 0.182 e. The Kier molecular flexibility index (Phi) is 4.00. The molecule has 1 aromatic heterocycles. The summed E-state index contributed by atoms with van der Waals surface area (Å²) in [5.41, 5.74) is 18.6. The van der Waals surface area contributed by atoms with Gasteiger partial charge in [-0.05, 0) is 34.4 Å². The molecule has 5 rings (SSSR count). The van der Waals surface area contributed by atoms with Crippen LogP contribution in [0.1, 0.15) is 16.0 Å². The fraction of sp³-hybridized carbons (Fsp3) is 0. The third-order valence-corrected chi connectivity index (χ3v) is 5.85. The first-order valence-electron chi connectivity index (χ1n) is 9.11. The van der Waals surface area contributed by atoms with Crippen LogP contribution in [0.15, 0.2) is 77.8 Å². The molecule has 140 valence electrons. The van der Waals surface area contributed by atoms with Crippen LogP contribution in [0, 0.1) is 5.41 Å². The average Bonchev–Trinajstić information content (AvgIpc) is 3.26. The average molecular weight is 395 g/mol. The van der Waals surface area contributed by atoms with Gasteiger partial charge in [0.2, 0.25) is 0 Å². The lowest BCUT2D eigenvalue weighted by Gasteiger charge is -2.14. The molecule has 6 heteroatoms. The highest BCUT2D eigenvalue weighted by Gasteiger charge is 2.27. The molecule has 1 aliphatic heterocycles. The van der Waals surface area contributed by atoms with Gasteiger partial charge in [-0.3, -0.25) is 5.41 Å². The molecule has 4 aromatic rings. The van der Waals surface area contributed by atoms with Crippen molar-refractivity contribution >= 4 is 33.8 Å². The minimum atomic E-state index is 0.221. The van der Waals surface area contributed by atoms with Gasteiger partial charge in [0.1, 0.15) is 5.82 Å². The number of rotatable bonds is 3. The van der Waals surface area contributed by atoms with Gasteiger partial charge in [0.15, 0.2) is 11.0 Å². The Balaban J connectivity index is 1.77. The maximum absolute atomic E-state index is 8.45. The monoisotopic (exact) mass is 395 g/mol. The molecule has 0 fully saturated rings. The van der Waals surface area contributed by atoms with Crippen molar-refractivity contribution < 1.29 is 0 Å². The van der Waals surface area contributed by atoms with Gasteiger partial charge in [0, 0.05) is 11.1 Å². The zero-order valence-corrected chi connectivity index (χ0v) is 16.2. The fourth-order valence-electron chi connectivity index (χ4n) is 3.63. The van der Waals surface area contributed by atoms with Crippen molar-refractivity contribution in [3.05, 3.63) is 88.8 Å². The number of nitrogens with two attached hydrogens (primary N) is 2. The summed E-state index contributed by atoms with van der Waals surface area (Å²) < 4.78 is 0. The largest absolute Gasteiger partial charge is 0.382 e. The van der Waals surface area contributed by atoms with Crippen LogP contribution in [0.2, 0.25) is 0 Å². The molecule has 0 bridgehead atoms. The van der Waals surface area contributed by atoms with E-state index in [1.165, 1.54) is 11.3 Å². The Labute approximate surface area is 171 Å². The topological polar surface area (TPSA) is 101 Å². The zero-order valence-electron chi connectivity index (χ0n) is 15.4. The maximum Gasteiger partial charge on any atom is 0.182 e. The minimum absolute atomic E-state index is 0.221. The molecule has 0 radical (unpaired) electrons. The molecule has 3 aromatic carbocycles. The van der Waals surface area contributed by atoms with Crippen LogP contribution in [-0.4, -0.2) is 16.5 Å². The van der Waals surface area contributed by atoms with Crippen LogP contribution in [0.25, 0.3) is 22.3 Å². The summed E-state index contributed by atoms with van der Waals surface area (Å²) in [6.07, 6.45) is 0. The molecule has 29 heavy (non-hydrogen) atoms. The number of nitrogens with one attached hydrogen (secondary N) is 1. The second-order valence-electron chi connectivity index (χ2n) is 6.75. The van der Waals surface area contributed by atoms with Crippen LogP contribution in [0.3, 0.4) is 0 Å². The quantitative estimate of drug-likeness (QED) is 0.463. The first-order valence-corrected chi connectivity index (χ1v) is 9.92. The van der Waals surface area contributed by atoms with Gasteiger partial charge in [-0.15, -0.1) is 0 Å². The fourth-order valence-corrected chi connectivity index (χ4v) is 4.38. The third-order valence-electron chi connectivity index (χ3n) is 4.95. The van der Waals surface area contributed by atoms with E-state index in [9.17, 15) is 0 Å². The summed E-state index contributed by atoms with van der Waals surface area (Å²) in [7, 11) is 0. The third kappa shape index (κ3) is 2.90. The lowest BCUT2D eigenvalue weighted by Crippen LogP contribution is -2.03. The molecule has 5 nitrogen and oxygen atoms in total. The van der Waals surface area contributed by atoms with E-state index in [0.29, 0.717) is 21.5 Å². The van der Waals surface area contributed by atoms with E-state index in [-0.39, 0.29) is 5.84 Å². The number of nitrogen functional groups attached to an aromatic ring is 2. The predicted molar refractivity (Wildman–Crippen MR) is 121 cm³/mol. The zero-order chi connectivity index (χ0) is 20.0. The van der Waals surface area contributed by atoms with E-state index < -0.39 is 0 Å². The molecule has 0 aliphatic carbocycles. The molecular formula is C23H17N5S. The molecule has 0 saturated heterocycles. The van der Waals surface area contributed by atoms with Crippen LogP contribution in [-0.2, 0) is 0 Å². The number of hydrogen-bond acceptors (Lipinski definition) is 5. The van der Waals surface area contributed by atoms with Crippen molar-refractivity contribution in [1.82, 2.24) is 4.98 Å². The standard InChI is InChI=1S/C23H17N5S/c24-21-18-12-16(14-9-5-2-6-10-14)15(13-7-3-1-4-8-13)11-17(18)19(27-21)20-22(25)28-23(26)29-20/h1-12,24H,25H2,(H2,26,28). The van der Waals surface area contributed by atoms with Gasteiger partial charge in [0.05, 0.1) is 10.6 Å². The Morgan fingerprint density at radius 2 is 1.28 bits per heavy atom. The SMILES string of the molecule is N=C1N=C(c2sc(N)nc2N)c2cc(-c3ccccc3)c(-c3ccccc3)cc21. The Morgan fingerprint density at radius 3 is 1.79 bits per heavy atom. The van der Waals surface area contributed by atoms with Crippen LogP contribution in [0.4, 0.5) is 10.9 Å². The Hall–Kier alpha value is -3.77. The van der Waals surface area contributed by atoms with Crippen molar-refractivity contribution in [3.63, 3.8) is 0 Å². The molecule has 5 N–H and O–H groups in total. The number of aromatic nitrogens is 1. The summed E-state index contributed by atoms with van der Waals surface area (Å²) in [4.78, 5) is 9.33. The number of aliphatic imine (C=N–C) groups is 1. The second-order valence-corrected chi connectivity index (χ2v) is 7.78. The minimum Gasteiger partial charge on any atom is -0.382 e. The maximum atomic E-state index is 8.45. The van der Waals surface area contributed by atoms with E-state index in [2.05, 4.69) is 40.3 Å². The van der Waals surface area contributed by atoms with E-state index in [4.69, 9.17) is 16.9 Å². The van der Waals surface area contributed by atoms with Crippen molar-refractivity contribution in [2.24, 2.45) is 4.99 Å². The highest BCUT2D eigenvalue weighted by Crippen LogP contribution is 2.39. The van der Waals surface area contributed by atoms with Gasteiger partial charge in [-0.2, -0.15) is 0 Å². The number of amidine groups is 1. The van der Waals surface area contributed by atoms with Crippen molar-refractivity contribution in [3.8, 4) is 22.3 Å². The van der Waals surface area contributed by atoms with Gasteiger partial charge in [0.25, 0.3) is 0 Å². The molecular weight excluding hydrogens is 378 g/mol. The first kappa shape index (κ1) is 17.3. The van der Waals surface area contributed by atoms with E-state index in [1.807, 2.05) is 42.5 Å². The first-order chi connectivity index (χ1) is 14.1. The van der Waals surface area contributed by atoms with Crippen LogP contribution >= 0.6 is 11.3 Å². The molecule has 0 atom stereocenters. The van der Waals surface area contributed by atoms with Crippen molar-refractivity contribution in [1.29, 1.82) is 5.41 Å². The second kappa shape index (κ2) is 6.68. The summed E-state index contributed by atoms with van der Waals surface area (Å²) in [6, 6.07) is 24.6. The Bertz CT molecular complexity index is 1270. The highest BCUT2D eigenvalue weighted by molar-refractivity contribution is 7.18. The number of fused-ring (bicyclic) bond motifs is 1. The van der Waals surface area contributed by atoms with Crippen molar-refractivity contribution in [2.75, 3.05) is 11.5 Å². The number of anilines is 2. The normalized spacial score (nSPS) is 12.7. The summed E-state index contributed by atoms with van der Waals surface area (Å²) >= 11 is 1.29.